The minimum absolute atomic E-state index is 0.260. The third-order valence-corrected chi connectivity index (χ3v) is 3.94. The predicted molar refractivity (Wildman–Crippen MR) is 96.7 cm³/mol. The van der Waals surface area contributed by atoms with Crippen LogP contribution in [0.1, 0.15) is 29.3 Å². The van der Waals surface area contributed by atoms with Gasteiger partial charge in [-0.25, -0.2) is 4.79 Å². The number of hydrogen-bond acceptors (Lipinski definition) is 6. The Hall–Kier alpha value is -3.53. The number of para-hydroxylation sites is 1. The number of nitriles is 1. The highest BCUT2D eigenvalue weighted by Crippen LogP contribution is 2.30. The fraction of sp³-hybridized carbons (Fsp3) is 0.250. The first kappa shape index (κ1) is 18.3. The zero-order valence-corrected chi connectivity index (χ0v) is 14.7. The Labute approximate surface area is 156 Å². The fourth-order valence-corrected chi connectivity index (χ4v) is 2.50. The van der Waals surface area contributed by atoms with Crippen LogP contribution in [0.25, 0.3) is 0 Å². The van der Waals surface area contributed by atoms with Crippen molar-refractivity contribution in [1.82, 2.24) is 0 Å². The van der Waals surface area contributed by atoms with Crippen LogP contribution in [-0.2, 0) is 9.53 Å². The third-order valence-electron chi connectivity index (χ3n) is 3.94. The molecule has 1 unspecified atom stereocenters. The van der Waals surface area contributed by atoms with Crippen molar-refractivity contribution in [3.63, 3.8) is 0 Å². The molecule has 1 aliphatic heterocycles. The monoisotopic (exact) mass is 366 g/mol. The Balaban J connectivity index is 1.66. The Morgan fingerprint density at radius 3 is 2.67 bits per heavy atom. The number of nitrogens with one attached hydrogen (secondary N) is 1. The van der Waals surface area contributed by atoms with Gasteiger partial charge in [0.25, 0.3) is 5.91 Å². The molecule has 27 heavy (non-hydrogen) atoms. The molecule has 0 saturated carbocycles. The van der Waals surface area contributed by atoms with E-state index in [-0.39, 0.29) is 5.56 Å². The number of amides is 1. The summed E-state index contributed by atoms with van der Waals surface area (Å²) >= 11 is 0. The summed E-state index contributed by atoms with van der Waals surface area (Å²) in [6.45, 7) is 2.52. The molecule has 1 heterocycles. The topological polar surface area (TPSA) is 97.7 Å². The van der Waals surface area contributed by atoms with Crippen molar-refractivity contribution in [2.45, 2.75) is 19.4 Å². The summed E-state index contributed by atoms with van der Waals surface area (Å²) < 4.78 is 16.3. The van der Waals surface area contributed by atoms with Gasteiger partial charge in [0.05, 0.1) is 30.0 Å². The first-order valence-electron chi connectivity index (χ1n) is 8.49. The van der Waals surface area contributed by atoms with E-state index in [1.165, 1.54) is 6.92 Å². The zero-order chi connectivity index (χ0) is 19.2. The second kappa shape index (κ2) is 8.23. The molecule has 0 spiro atoms. The minimum Gasteiger partial charge on any atom is -0.490 e. The number of nitrogens with zero attached hydrogens (tertiary/aromatic N) is 1. The van der Waals surface area contributed by atoms with E-state index < -0.39 is 18.0 Å². The normalized spacial score (nSPS) is 13.6. The van der Waals surface area contributed by atoms with Gasteiger partial charge in [0, 0.05) is 6.42 Å². The number of fused-ring (bicyclic) bond motifs is 1. The van der Waals surface area contributed by atoms with Crippen LogP contribution in [-0.4, -0.2) is 31.2 Å². The van der Waals surface area contributed by atoms with Gasteiger partial charge in [0.15, 0.2) is 17.6 Å². The van der Waals surface area contributed by atoms with E-state index in [2.05, 4.69) is 5.32 Å². The highest BCUT2D eigenvalue weighted by molar-refractivity contribution is 5.98. The molecule has 2 aromatic rings. The lowest BCUT2D eigenvalue weighted by Crippen LogP contribution is -2.30. The summed E-state index contributed by atoms with van der Waals surface area (Å²) in [4.78, 5) is 24.6. The van der Waals surface area contributed by atoms with Crippen molar-refractivity contribution in [3.8, 4) is 17.6 Å². The maximum atomic E-state index is 12.4. The van der Waals surface area contributed by atoms with E-state index in [1.54, 1.807) is 42.5 Å². The van der Waals surface area contributed by atoms with Crippen LogP contribution in [0.5, 0.6) is 11.5 Å². The Kier molecular flexibility index (Phi) is 5.57. The van der Waals surface area contributed by atoms with Crippen molar-refractivity contribution < 1.29 is 23.8 Å². The lowest BCUT2D eigenvalue weighted by molar-refractivity contribution is -0.123. The Morgan fingerprint density at radius 1 is 1.15 bits per heavy atom. The van der Waals surface area contributed by atoms with Crippen molar-refractivity contribution in [1.29, 1.82) is 5.26 Å². The maximum Gasteiger partial charge on any atom is 0.339 e. The molecule has 1 atom stereocenters. The molecule has 7 nitrogen and oxygen atoms in total. The minimum atomic E-state index is -1.04. The van der Waals surface area contributed by atoms with Crippen molar-refractivity contribution >= 4 is 17.6 Å². The molecule has 0 bridgehead atoms. The molecule has 138 valence electrons. The van der Waals surface area contributed by atoms with Crippen LogP contribution in [0.15, 0.2) is 42.5 Å². The third kappa shape index (κ3) is 4.36. The number of rotatable bonds is 4. The van der Waals surface area contributed by atoms with Gasteiger partial charge in [-0.1, -0.05) is 12.1 Å². The molecule has 3 rings (SSSR count). The first-order chi connectivity index (χ1) is 13.1. The number of anilines is 1. The standard InChI is InChI=1S/C20H18N2O5/c1-13(19(23)22-16-6-3-2-5-15(16)12-21)27-20(24)14-7-8-17-18(11-14)26-10-4-9-25-17/h2-3,5-8,11,13H,4,9-10H2,1H3,(H,22,23). The molecule has 7 heteroatoms. The van der Waals surface area contributed by atoms with Crippen LogP contribution in [0, 0.1) is 11.3 Å². The van der Waals surface area contributed by atoms with Crippen molar-refractivity contribution in [2.75, 3.05) is 18.5 Å². The van der Waals surface area contributed by atoms with Crippen LogP contribution < -0.4 is 14.8 Å². The van der Waals surface area contributed by atoms with E-state index in [9.17, 15) is 9.59 Å². The zero-order valence-electron chi connectivity index (χ0n) is 14.7. The molecular weight excluding hydrogens is 348 g/mol. The van der Waals surface area contributed by atoms with Crippen LogP contribution in [0.4, 0.5) is 5.69 Å². The molecule has 0 aromatic heterocycles. The Bertz CT molecular complexity index is 903. The molecule has 1 N–H and O–H groups in total. The number of esters is 1. The summed E-state index contributed by atoms with van der Waals surface area (Å²) in [6, 6.07) is 13.3. The van der Waals surface area contributed by atoms with Gasteiger partial charge >= 0.3 is 5.97 Å². The second-order valence-electron chi connectivity index (χ2n) is 5.91. The molecule has 0 saturated heterocycles. The SMILES string of the molecule is CC(OC(=O)c1ccc2c(c1)OCCCO2)C(=O)Nc1ccccc1C#N. The van der Waals surface area contributed by atoms with E-state index >= 15 is 0 Å². The number of benzene rings is 2. The summed E-state index contributed by atoms with van der Waals surface area (Å²) in [6.07, 6.45) is -0.282. The molecule has 0 aliphatic carbocycles. The fourth-order valence-electron chi connectivity index (χ4n) is 2.50. The van der Waals surface area contributed by atoms with E-state index in [0.717, 1.165) is 6.42 Å². The van der Waals surface area contributed by atoms with E-state index in [0.29, 0.717) is 36.0 Å². The van der Waals surface area contributed by atoms with Gasteiger partial charge in [-0.15, -0.1) is 0 Å². The maximum absolute atomic E-state index is 12.4. The van der Waals surface area contributed by atoms with Crippen LogP contribution in [0.2, 0.25) is 0 Å². The summed E-state index contributed by atoms with van der Waals surface area (Å²) in [5.74, 6) is -0.132. The van der Waals surface area contributed by atoms with E-state index in [4.69, 9.17) is 19.5 Å². The molecule has 0 fully saturated rings. The molecule has 2 aromatic carbocycles. The van der Waals surface area contributed by atoms with Gasteiger partial charge in [0.2, 0.25) is 0 Å². The van der Waals surface area contributed by atoms with Crippen LogP contribution >= 0.6 is 0 Å². The lowest BCUT2D eigenvalue weighted by Gasteiger charge is -2.15. The smallest absolute Gasteiger partial charge is 0.339 e. The van der Waals surface area contributed by atoms with Gasteiger partial charge in [0.1, 0.15) is 6.07 Å². The summed E-state index contributed by atoms with van der Waals surface area (Å²) in [5.41, 5.74) is 0.951. The van der Waals surface area contributed by atoms with Crippen LogP contribution in [0.3, 0.4) is 0 Å². The predicted octanol–water partition coefficient (Wildman–Crippen LogP) is 2.90. The molecular formula is C20H18N2O5. The average molecular weight is 366 g/mol. The van der Waals surface area contributed by atoms with Gasteiger partial charge < -0.3 is 19.5 Å². The molecule has 1 amide bonds. The number of carbonyl (C=O) groups excluding carboxylic acids is 2. The summed E-state index contributed by atoms with van der Waals surface area (Å²) in [7, 11) is 0. The van der Waals surface area contributed by atoms with Gasteiger partial charge in [-0.3, -0.25) is 4.79 Å². The Morgan fingerprint density at radius 2 is 1.89 bits per heavy atom. The number of hydrogen-bond donors (Lipinski definition) is 1. The quantitative estimate of drug-likeness (QED) is 0.836. The molecule has 0 radical (unpaired) electrons. The second-order valence-corrected chi connectivity index (χ2v) is 5.91. The first-order valence-corrected chi connectivity index (χ1v) is 8.49. The highest BCUT2D eigenvalue weighted by Gasteiger charge is 2.21. The van der Waals surface area contributed by atoms with Gasteiger partial charge in [-0.05, 0) is 37.3 Å². The highest BCUT2D eigenvalue weighted by atomic mass is 16.5. The van der Waals surface area contributed by atoms with E-state index in [1.807, 2.05) is 6.07 Å². The van der Waals surface area contributed by atoms with Crippen molar-refractivity contribution in [3.05, 3.63) is 53.6 Å². The number of carbonyl (C=O) groups is 2. The van der Waals surface area contributed by atoms with Crippen molar-refractivity contribution in [2.24, 2.45) is 0 Å². The van der Waals surface area contributed by atoms with Gasteiger partial charge in [-0.2, -0.15) is 5.26 Å². The average Bonchev–Trinajstić information content (AvgIpc) is 2.93. The molecule has 1 aliphatic rings. The number of ether oxygens (including phenoxy) is 3. The largest absolute Gasteiger partial charge is 0.490 e. The summed E-state index contributed by atoms with van der Waals surface area (Å²) in [5, 5.41) is 11.7. The lowest BCUT2D eigenvalue weighted by atomic mass is 10.2.